The van der Waals surface area contributed by atoms with E-state index in [0.29, 0.717) is 17.4 Å². The number of likely N-dealkylation sites (N-methyl/N-ethyl adjacent to an activating group) is 1. The van der Waals surface area contributed by atoms with Crippen LogP contribution >= 0.6 is 11.6 Å². The molecule has 0 aromatic carbocycles. The quantitative estimate of drug-likeness (QED) is 0.726. The first-order valence-corrected chi connectivity index (χ1v) is 8.19. The highest BCUT2D eigenvalue weighted by atomic mass is 35.5. The number of nitrogens with one attached hydrogen (secondary N) is 2. The Morgan fingerprint density at radius 3 is 3.10 bits per heavy atom. The summed E-state index contributed by atoms with van der Waals surface area (Å²) < 4.78 is 6.09. The number of ether oxygens (including phenoxy) is 1. The van der Waals surface area contributed by atoms with E-state index in [-0.39, 0.29) is 6.17 Å². The Bertz CT molecular complexity index is 494. The largest absolute Gasteiger partial charge is 0.489 e. The van der Waals surface area contributed by atoms with Gasteiger partial charge in [0.1, 0.15) is 6.61 Å². The van der Waals surface area contributed by atoms with E-state index in [2.05, 4.69) is 25.4 Å². The van der Waals surface area contributed by atoms with Crippen molar-refractivity contribution in [3.05, 3.63) is 11.6 Å². The van der Waals surface area contributed by atoms with Crippen LogP contribution in [0.5, 0.6) is 0 Å². The molecule has 4 rings (SSSR count). The van der Waals surface area contributed by atoms with E-state index >= 15 is 0 Å². The summed E-state index contributed by atoms with van der Waals surface area (Å²) in [5.74, 6) is 1.97. The summed E-state index contributed by atoms with van der Waals surface area (Å²) in [5, 5.41) is 7.05. The van der Waals surface area contributed by atoms with Gasteiger partial charge in [-0.25, -0.2) is 4.99 Å². The molecule has 3 saturated heterocycles. The van der Waals surface area contributed by atoms with Crippen LogP contribution in [-0.2, 0) is 4.74 Å². The maximum Gasteiger partial charge on any atom is 0.199 e. The SMILES string of the molecule is CN[C@@H]1CCN(C2=C3OCC4CCCN4C3N=C(Cl)N2)C1. The lowest BCUT2D eigenvalue weighted by atomic mass is 10.2. The number of morpholine rings is 1. The zero-order valence-corrected chi connectivity index (χ0v) is 13.1. The summed E-state index contributed by atoms with van der Waals surface area (Å²) in [5.41, 5.74) is 0. The zero-order chi connectivity index (χ0) is 14.4. The van der Waals surface area contributed by atoms with Gasteiger partial charge in [-0.3, -0.25) is 4.90 Å². The average molecular weight is 312 g/mol. The molecular weight excluding hydrogens is 290 g/mol. The van der Waals surface area contributed by atoms with Gasteiger partial charge >= 0.3 is 0 Å². The lowest BCUT2D eigenvalue weighted by Crippen LogP contribution is -2.52. The number of rotatable bonds is 2. The lowest BCUT2D eigenvalue weighted by Gasteiger charge is -2.41. The summed E-state index contributed by atoms with van der Waals surface area (Å²) in [4.78, 5) is 9.35. The van der Waals surface area contributed by atoms with Crippen molar-refractivity contribution >= 4 is 16.9 Å². The molecule has 7 heteroatoms. The molecule has 3 fully saturated rings. The monoisotopic (exact) mass is 311 g/mol. The van der Waals surface area contributed by atoms with Gasteiger partial charge in [0.2, 0.25) is 0 Å². The number of hydrogen-bond acceptors (Lipinski definition) is 6. The van der Waals surface area contributed by atoms with E-state index in [4.69, 9.17) is 16.3 Å². The van der Waals surface area contributed by atoms with Gasteiger partial charge in [0.05, 0.1) is 0 Å². The molecule has 0 spiro atoms. The predicted molar refractivity (Wildman–Crippen MR) is 82.0 cm³/mol. The van der Waals surface area contributed by atoms with E-state index in [1.165, 1.54) is 12.8 Å². The van der Waals surface area contributed by atoms with Crippen molar-refractivity contribution in [3.63, 3.8) is 0 Å². The van der Waals surface area contributed by atoms with Crippen LogP contribution in [0.25, 0.3) is 0 Å². The summed E-state index contributed by atoms with van der Waals surface area (Å²) in [6.07, 6.45) is 3.52. The van der Waals surface area contributed by atoms with Gasteiger partial charge in [-0.15, -0.1) is 0 Å². The van der Waals surface area contributed by atoms with E-state index < -0.39 is 0 Å². The second kappa shape index (κ2) is 5.34. The molecule has 4 aliphatic rings. The molecule has 0 bridgehead atoms. The summed E-state index contributed by atoms with van der Waals surface area (Å²) in [7, 11) is 2.02. The van der Waals surface area contributed by atoms with Crippen molar-refractivity contribution in [1.29, 1.82) is 0 Å². The molecule has 0 amide bonds. The predicted octanol–water partition coefficient (Wildman–Crippen LogP) is 0.468. The normalized spacial score (nSPS) is 36.0. The molecule has 0 aromatic heterocycles. The molecule has 2 unspecified atom stereocenters. The van der Waals surface area contributed by atoms with E-state index in [9.17, 15) is 0 Å². The zero-order valence-electron chi connectivity index (χ0n) is 12.3. The van der Waals surface area contributed by atoms with Gasteiger partial charge in [-0.05, 0) is 37.9 Å². The minimum Gasteiger partial charge on any atom is -0.489 e. The topological polar surface area (TPSA) is 52.1 Å². The standard InChI is InChI=1S/C14H22ClN5O/c1-16-9-4-6-19(7-9)12-11-13(18-14(15)17-12)20-5-2-3-10(20)8-21-11/h9-10,13,16H,2-8H2,1H3,(H,17,18)/t9-,10?,13?/m1/s1. The molecule has 0 aromatic rings. The number of nitrogens with zero attached hydrogens (tertiary/aromatic N) is 3. The Labute approximate surface area is 130 Å². The molecule has 3 atom stereocenters. The molecule has 21 heavy (non-hydrogen) atoms. The van der Waals surface area contributed by atoms with Crippen molar-refractivity contribution in [3.8, 4) is 0 Å². The van der Waals surface area contributed by atoms with Crippen molar-refractivity contribution in [2.75, 3.05) is 33.3 Å². The van der Waals surface area contributed by atoms with Gasteiger partial charge < -0.3 is 20.3 Å². The number of aliphatic imine (C=N–C) groups is 1. The Balaban J connectivity index is 1.63. The molecule has 4 aliphatic heterocycles. The first-order chi connectivity index (χ1) is 10.3. The fourth-order valence-electron chi connectivity index (χ4n) is 3.83. The molecule has 0 saturated carbocycles. The highest BCUT2D eigenvalue weighted by Gasteiger charge is 2.43. The first-order valence-electron chi connectivity index (χ1n) is 7.81. The van der Waals surface area contributed by atoms with Crippen molar-refractivity contribution in [2.24, 2.45) is 4.99 Å². The third-order valence-electron chi connectivity index (χ3n) is 5.01. The number of fused-ring (bicyclic) bond motifs is 3. The van der Waals surface area contributed by atoms with Crippen LogP contribution in [0.2, 0.25) is 0 Å². The Morgan fingerprint density at radius 1 is 1.38 bits per heavy atom. The summed E-state index contributed by atoms with van der Waals surface area (Å²) in [6, 6.07) is 1.02. The van der Waals surface area contributed by atoms with E-state index in [0.717, 1.165) is 44.2 Å². The maximum atomic E-state index is 6.25. The molecule has 2 N–H and O–H groups in total. The molecule has 4 heterocycles. The molecule has 6 nitrogen and oxygen atoms in total. The lowest BCUT2D eigenvalue weighted by molar-refractivity contribution is 0.0171. The van der Waals surface area contributed by atoms with Crippen LogP contribution in [0.15, 0.2) is 16.6 Å². The van der Waals surface area contributed by atoms with Gasteiger partial charge in [0.25, 0.3) is 0 Å². The Morgan fingerprint density at radius 2 is 2.29 bits per heavy atom. The number of halogens is 1. The fourth-order valence-corrected chi connectivity index (χ4v) is 4.01. The van der Waals surface area contributed by atoms with Crippen LogP contribution in [0, 0.1) is 0 Å². The van der Waals surface area contributed by atoms with Gasteiger partial charge in [0, 0.05) is 31.7 Å². The van der Waals surface area contributed by atoms with Crippen LogP contribution in [0.1, 0.15) is 19.3 Å². The third-order valence-corrected chi connectivity index (χ3v) is 5.20. The fraction of sp³-hybridized carbons (Fsp3) is 0.786. The first kappa shape index (κ1) is 13.7. The number of hydrogen-bond donors (Lipinski definition) is 2. The minimum absolute atomic E-state index is 0.0383. The summed E-state index contributed by atoms with van der Waals surface area (Å²) >= 11 is 6.25. The highest BCUT2D eigenvalue weighted by molar-refractivity contribution is 6.65. The van der Waals surface area contributed by atoms with Gasteiger partial charge in [-0.2, -0.15) is 0 Å². The van der Waals surface area contributed by atoms with Gasteiger partial charge in [0.15, 0.2) is 23.0 Å². The highest BCUT2D eigenvalue weighted by Crippen LogP contribution is 2.34. The maximum absolute atomic E-state index is 6.25. The average Bonchev–Trinajstić information content (AvgIpc) is 3.15. The Hall–Kier alpha value is -0.980. The van der Waals surface area contributed by atoms with Crippen LogP contribution in [0.3, 0.4) is 0 Å². The number of amidine groups is 1. The minimum atomic E-state index is -0.0383. The molecule has 0 aliphatic carbocycles. The second-order valence-electron chi connectivity index (χ2n) is 6.20. The van der Waals surface area contributed by atoms with Crippen LogP contribution < -0.4 is 10.6 Å². The third kappa shape index (κ3) is 2.29. The smallest absolute Gasteiger partial charge is 0.199 e. The second-order valence-corrected chi connectivity index (χ2v) is 6.55. The van der Waals surface area contributed by atoms with Gasteiger partial charge in [-0.1, -0.05) is 0 Å². The van der Waals surface area contributed by atoms with Crippen molar-refractivity contribution in [1.82, 2.24) is 20.4 Å². The van der Waals surface area contributed by atoms with Crippen molar-refractivity contribution in [2.45, 2.75) is 37.5 Å². The summed E-state index contributed by atoms with van der Waals surface area (Å²) in [6.45, 7) is 3.85. The molecule has 116 valence electrons. The number of likely N-dealkylation sites (tertiary alicyclic amines) is 1. The molecule has 0 radical (unpaired) electrons. The van der Waals surface area contributed by atoms with Crippen molar-refractivity contribution < 1.29 is 4.74 Å². The van der Waals surface area contributed by atoms with E-state index in [1.54, 1.807) is 0 Å². The van der Waals surface area contributed by atoms with Crippen LogP contribution in [-0.4, -0.2) is 66.6 Å². The Kier molecular flexibility index (Phi) is 3.47. The van der Waals surface area contributed by atoms with E-state index in [1.807, 2.05) is 7.05 Å². The molecular formula is C14H22ClN5O. The van der Waals surface area contributed by atoms with Crippen LogP contribution in [0.4, 0.5) is 0 Å².